The number of rotatable bonds is 5. The van der Waals surface area contributed by atoms with E-state index in [0.29, 0.717) is 14.3 Å². The zero-order valence-corrected chi connectivity index (χ0v) is 17.4. The van der Waals surface area contributed by atoms with E-state index in [0.717, 1.165) is 11.3 Å². The van der Waals surface area contributed by atoms with Crippen molar-refractivity contribution < 1.29 is 19.8 Å². The van der Waals surface area contributed by atoms with E-state index in [1.54, 1.807) is 19.1 Å². The Morgan fingerprint density at radius 3 is 2.64 bits per heavy atom. The number of aliphatic carboxylic acids is 1. The number of aromatic nitrogens is 1. The van der Waals surface area contributed by atoms with E-state index in [-0.39, 0.29) is 23.6 Å². The van der Waals surface area contributed by atoms with Crippen molar-refractivity contribution in [2.24, 2.45) is 11.8 Å². The predicted molar refractivity (Wildman–Crippen MR) is 108 cm³/mol. The summed E-state index contributed by atoms with van der Waals surface area (Å²) in [6, 6.07) is 7.02. The van der Waals surface area contributed by atoms with Crippen molar-refractivity contribution in [3.05, 3.63) is 45.3 Å². The molecule has 28 heavy (non-hydrogen) atoms. The predicted octanol–water partition coefficient (Wildman–Crippen LogP) is 3.71. The molecule has 0 saturated carbocycles. The van der Waals surface area contributed by atoms with Gasteiger partial charge in [-0.05, 0) is 19.1 Å². The molecular formula is C19H17ClN2O4S2. The molecule has 0 radical (unpaired) electrons. The number of halogens is 1. The van der Waals surface area contributed by atoms with Gasteiger partial charge in [0.2, 0.25) is 5.91 Å². The Morgan fingerprint density at radius 2 is 2.04 bits per heavy atom. The number of carboxylic acid groups (broad SMARTS) is 1. The number of thiazole rings is 1. The minimum atomic E-state index is -1.14. The second-order valence-corrected chi connectivity index (χ2v) is 9.46. The van der Waals surface area contributed by atoms with Gasteiger partial charge < -0.3 is 15.1 Å². The second-order valence-electron chi connectivity index (χ2n) is 6.88. The average Bonchev–Trinajstić information content (AvgIpc) is 3.18. The molecule has 4 rings (SSSR count). The molecule has 2 aliphatic rings. The molecule has 0 aliphatic carbocycles. The molecule has 1 aromatic carbocycles. The fraction of sp³-hybridized carbons (Fsp3) is 0.316. The summed E-state index contributed by atoms with van der Waals surface area (Å²) in [6.07, 6.45) is -0.813. The first-order valence-electron chi connectivity index (χ1n) is 8.67. The van der Waals surface area contributed by atoms with E-state index in [4.69, 9.17) is 11.6 Å². The van der Waals surface area contributed by atoms with Crippen LogP contribution < -0.4 is 0 Å². The molecule has 3 heterocycles. The lowest BCUT2D eigenvalue weighted by molar-refractivity contribution is -0.163. The Bertz CT molecular complexity index is 986. The van der Waals surface area contributed by atoms with Crippen LogP contribution in [0.1, 0.15) is 13.8 Å². The topological polar surface area (TPSA) is 90.7 Å². The third-order valence-electron chi connectivity index (χ3n) is 5.13. The van der Waals surface area contributed by atoms with Crippen LogP contribution in [0.3, 0.4) is 0 Å². The van der Waals surface area contributed by atoms with Crippen molar-refractivity contribution in [3.63, 3.8) is 0 Å². The van der Waals surface area contributed by atoms with Crippen LogP contribution in [0.15, 0.2) is 44.6 Å². The van der Waals surface area contributed by atoms with Crippen molar-refractivity contribution >= 4 is 46.6 Å². The number of fused-ring (bicyclic) bond motifs is 1. The number of amides is 1. The van der Waals surface area contributed by atoms with Crippen molar-refractivity contribution in [1.29, 1.82) is 0 Å². The second kappa shape index (κ2) is 7.18. The minimum absolute atomic E-state index is 0.00708. The number of carbonyl (C=O) groups excluding carboxylic acids is 1. The van der Waals surface area contributed by atoms with Crippen LogP contribution in [0.2, 0.25) is 5.02 Å². The summed E-state index contributed by atoms with van der Waals surface area (Å²) in [4.78, 5) is 30.8. The number of nitrogens with zero attached hydrogens (tertiary/aromatic N) is 2. The van der Waals surface area contributed by atoms with Crippen molar-refractivity contribution in [2.45, 2.75) is 30.3 Å². The molecule has 2 aliphatic heterocycles. The maximum Gasteiger partial charge on any atom is 0.353 e. The summed E-state index contributed by atoms with van der Waals surface area (Å²) in [5, 5.41) is 22.2. The SMILES string of the molecule is C[C@@H](O)[C@H]1C(=O)N2C(C(=O)O)=C(Sc3nc(-c4ccc(Cl)cc4)cs3)[C@H](C)[C@H]12. The molecule has 6 nitrogen and oxygen atoms in total. The summed E-state index contributed by atoms with van der Waals surface area (Å²) in [5.74, 6) is -2.22. The summed E-state index contributed by atoms with van der Waals surface area (Å²) in [7, 11) is 0. The van der Waals surface area contributed by atoms with E-state index >= 15 is 0 Å². The van der Waals surface area contributed by atoms with Crippen molar-refractivity contribution in [1.82, 2.24) is 9.88 Å². The highest BCUT2D eigenvalue weighted by atomic mass is 35.5. The Hall–Kier alpha value is -1.87. The number of aliphatic hydroxyl groups excluding tert-OH is 1. The Labute approximate surface area is 174 Å². The van der Waals surface area contributed by atoms with Gasteiger partial charge in [-0.15, -0.1) is 11.3 Å². The van der Waals surface area contributed by atoms with Crippen LogP contribution in [-0.4, -0.2) is 44.1 Å². The third kappa shape index (κ3) is 3.04. The van der Waals surface area contributed by atoms with E-state index in [1.807, 2.05) is 24.4 Å². The molecule has 1 saturated heterocycles. The molecular weight excluding hydrogens is 420 g/mol. The number of hydrogen-bond acceptors (Lipinski definition) is 6. The number of hydrogen-bond donors (Lipinski definition) is 2. The van der Waals surface area contributed by atoms with Crippen LogP contribution in [0.5, 0.6) is 0 Å². The number of β-lactam (4-membered cyclic amide) rings is 1. The van der Waals surface area contributed by atoms with Gasteiger partial charge in [0.05, 0.1) is 23.8 Å². The Kier molecular flexibility index (Phi) is 4.99. The van der Waals surface area contributed by atoms with E-state index in [2.05, 4.69) is 4.98 Å². The van der Waals surface area contributed by atoms with Gasteiger partial charge in [-0.2, -0.15) is 0 Å². The van der Waals surface area contributed by atoms with Gasteiger partial charge in [0, 0.05) is 26.8 Å². The summed E-state index contributed by atoms with van der Waals surface area (Å²) in [6.45, 7) is 3.46. The average molecular weight is 437 g/mol. The summed E-state index contributed by atoms with van der Waals surface area (Å²) < 4.78 is 0.703. The van der Waals surface area contributed by atoms with Crippen molar-refractivity contribution in [2.75, 3.05) is 0 Å². The van der Waals surface area contributed by atoms with Gasteiger partial charge >= 0.3 is 5.97 Å². The molecule has 1 fully saturated rings. The number of aliphatic hydroxyl groups is 1. The van der Waals surface area contributed by atoms with Crippen molar-refractivity contribution in [3.8, 4) is 11.3 Å². The monoisotopic (exact) mass is 436 g/mol. The summed E-state index contributed by atoms with van der Waals surface area (Å²) in [5.41, 5.74) is 1.72. The van der Waals surface area contributed by atoms with Crippen LogP contribution >= 0.6 is 34.7 Å². The lowest BCUT2D eigenvalue weighted by Gasteiger charge is -2.46. The number of carbonyl (C=O) groups is 2. The standard InChI is InChI=1S/C19H17ClN2O4S2/c1-8-14-13(9(2)23)17(24)22(14)15(18(25)26)16(8)28-19-21-12(7-27-19)10-3-5-11(20)6-4-10/h3-9,13-14,23H,1-2H3,(H,25,26)/t8-,9-,13-,14-/m1/s1. The Balaban J connectivity index is 1.63. The molecule has 4 atom stereocenters. The molecule has 9 heteroatoms. The fourth-order valence-corrected chi connectivity index (χ4v) is 6.03. The molecule has 0 spiro atoms. The van der Waals surface area contributed by atoms with Crippen LogP contribution in [0.4, 0.5) is 0 Å². The highest BCUT2D eigenvalue weighted by molar-refractivity contribution is 8.04. The van der Waals surface area contributed by atoms with Crippen LogP contribution in [0, 0.1) is 11.8 Å². The maximum absolute atomic E-state index is 12.4. The van der Waals surface area contributed by atoms with Gasteiger partial charge in [0.15, 0.2) is 4.34 Å². The summed E-state index contributed by atoms with van der Waals surface area (Å²) >= 11 is 8.63. The van der Waals surface area contributed by atoms with E-state index in [1.165, 1.54) is 28.0 Å². The maximum atomic E-state index is 12.4. The smallest absolute Gasteiger partial charge is 0.353 e. The first-order chi connectivity index (χ1) is 13.3. The highest BCUT2D eigenvalue weighted by Gasteiger charge is 2.60. The molecule has 1 amide bonds. The first-order valence-corrected chi connectivity index (χ1v) is 10.7. The van der Waals surface area contributed by atoms with Gasteiger partial charge in [-0.3, -0.25) is 4.79 Å². The normalized spacial score (nSPS) is 24.9. The molecule has 0 bridgehead atoms. The number of thioether (sulfide) groups is 1. The largest absolute Gasteiger partial charge is 0.477 e. The highest BCUT2D eigenvalue weighted by Crippen LogP contribution is 2.52. The van der Waals surface area contributed by atoms with Gasteiger partial charge in [-0.25, -0.2) is 9.78 Å². The minimum Gasteiger partial charge on any atom is -0.477 e. The Morgan fingerprint density at radius 1 is 1.36 bits per heavy atom. The van der Waals surface area contributed by atoms with E-state index in [9.17, 15) is 19.8 Å². The van der Waals surface area contributed by atoms with Gasteiger partial charge in [0.25, 0.3) is 0 Å². The molecule has 1 aromatic heterocycles. The van der Waals surface area contributed by atoms with Gasteiger partial charge in [0.1, 0.15) is 5.70 Å². The van der Waals surface area contributed by atoms with Crippen LogP contribution in [0.25, 0.3) is 11.3 Å². The molecule has 0 unspecified atom stereocenters. The van der Waals surface area contributed by atoms with Gasteiger partial charge in [-0.1, -0.05) is 42.4 Å². The molecule has 2 aromatic rings. The lowest BCUT2D eigenvalue weighted by Crippen LogP contribution is -2.63. The zero-order chi connectivity index (χ0) is 20.2. The molecule has 146 valence electrons. The quantitative estimate of drug-likeness (QED) is 0.694. The van der Waals surface area contributed by atoms with E-state index < -0.39 is 18.0 Å². The zero-order valence-electron chi connectivity index (χ0n) is 15.0. The lowest BCUT2D eigenvalue weighted by atomic mass is 9.79. The first kappa shape index (κ1) is 19.4. The number of benzene rings is 1. The number of carboxylic acids is 1. The third-order valence-corrected chi connectivity index (χ3v) is 7.61. The van der Waals surface area contributed by atoms with Crippen LogP contribution in [-0.2, 0) is 9.59 Å². The fourth-order valence-electron chi connectivity index (χ4n) is 3.81. The molecule has 2 N–H and O–H groups in total.